The van der Waals surface area contributed by atoms with E-state index in [0.29, 0.717) is 22.9 Å². The summed E-state index contributed by atoms with van der Waals surface area (Å²) in [7, 11) is -3.98. The number of hydrogen-bond acceptors (Lipinski definition) is 8. The second-order valence-corrected chi connectivity index (χ2v) is 13.1. The van der Waals surface area contributed by atoms with Crippen molar-refractivity contribution in [3.05, 3.63) is 59.4 Å². The van der Waals surface area contributed by atoms with Crippen LogP contribution in [-0.2, 0) is 21.4 Å². The van der Waals surface area contributed by atoms with Gasteiger partial charge in [0.25, 0.3) is 10.0 Å². The van der Waals surface area contributed by atoms with Crippen LogP contribution in [0.4, 0.5) is 5.82 Å². The number of hydrogen-bond donors (Lipinski definition) is 2. The number of anilines is 1. The first-order valence-corrected chi connectivity index (χ1v) is 14.4. The van der Waals surface area contributed by atoms with Crippen LogP contribution in [0, 0.1) is 5.92 Å². The fourth-order valence-electron chi connectivity index (χ4n) is 4.78. The Balaban J connectivity index is 1.49. The number of amides is 1. The number of nitrogens with two attached hydrogens (primary N) is 2. The molecule has 1 amide bonds. The Labute approximate surface area is 224 Å². The van der Waals surface area contributed by atoms with Gasteiger partial charge in [-0.25, -0.2) is 18.4 Å². The van der Waals surface area contributed by atoms with Gasteiger partial charge >= 0.3 is 0 Å². The summed E-state index contributed by atoms with van der Waals surface area (Å²) in [6.07, 6.45) is 1.40. The zero-order valence-electron chi connectivity index (χ0n) is 20.3. The molecule has 0 saturated carbocycles. The predicted octanol–water partition coefficient (Wildman–Crippen LogP) is 3.47. The van der Waals surface area contributed by atoms with Gasteiger partial charge in [-0.15, -0.1) is 11.3 Å². The third-order valence-corrected chi connectivity index (χ3v) is 10.4. The number of nitrogens with zero attached hydrogens (tertiary/aromatic N) is 4. The summed E-state index contributed by atoms with van der Waals surface area (Å²) in [5.74, 6) is 0.0701. The van der Waals surface area contributed by atoms with Crippen LogP contribution in [-0.4, -0.2) is 58.7 Å². The summed E-state index contributed by atoms with van der Waals surface area (Å²) >= 11 is 7.24. The van der Waals surface area contributed by atoms with Gasteiger partial charge in [0.1, 0.15) is 22.4 Å². The van der Waals surface area contributed by atoms with Crippen molar-refractivity contribution in [1.82, 2.24) is 19.2 Å². The molecule has 4 N–H and O–H groups in total. The Hall–Kier alpha value is -2.83. The van der Waals surface area contributed by atoms with Gasteiger partial charge in [-0.2, -0.15) is 4.31 Å². The molecule has 0 bridgehead atoms. The van der Waals surface area contributed by atoms with Crippen molar-refractivity contribution < 1.29 is 13.2 Å². The lowest BCUT2D eigenvalue weighted by atomic mass is 9.97. The number of sulfonamides is 1. The highest BCUT2D eigenvalue weighted by Gasteiger charge is 2.46. The molecule has 12 heteroatoms. The van der Waals surface area contributed by atoms with Gasteiger partial charge in [0.15, 0.2) is 0 Å². The van der Waals surface area contributed by atoms with Crippen LogP contribution >= 0.6 is 22.9 Å². The number of halogens is 1. The number of fused-ring (bicyclic) bond motifs is 2. The molecule has 1 aliphatic heterocycles. The van der Waals surface area contributed by atoms with E-state index in [1.165, 1.54) is 10.6 Å². The molecule has 1 saturated heterocycles. The first-order valence-electron chi connectivity index (χ1n) is 11.8. The minimum atomic E-state index is -3.98. The van der Waals surface area contributed by atoms with Gasteiger partial charge in [-0.1, -0.05) is 37.6 Å². The Bertz CT molecular complexity index is 1610. The summed E-state index contributed by atoms with van der Waals surface area (Å²) in [6.45, 7) is 4.28. The van der Waals surface area contributed by atoms with E-state index < -0.39 is 16.1 Å². The van der Waals surface area contributed by atoms with E-state index in [-0.39, 0.29) is 35.2 Å². The molecule has 0 radical (unpaired) electrons. The standard InChI is InChI=1S/C25H27ClN6O3S2/c1-14(2)21-12-32(37(34,35)23-8-16-4-5-17(26)9-22(16)36-23)20(10-27)25(33)31(21)11-15-3-6-18-19(7-15)29-13-30-24(18)28/h3-9,13-14,20-21H,10-12,27H2,1-2H3,(H2,28,29,30). The van der Waals surface area contributed by atoms with E-state index >= 15 is 0 Å². The van der Waals surface area contributed by atoms with Crippen molar-refractivity contribution in [2.24, 2.45) is 11.7 Å². The first-order chi connectivity index (χ1) is 17.6. The number of piperazine rings is 1. The molecule has 1 aliphatic rings. The van der Waals surface area contributed by atoms with Gasteiger partial charge in [0.05, 0.1) is 5.52 Å². The van der Waals surface area contributed by atoms with E-state index in [2.05, 4.69) is 9.97 Å². The highest BCUT2D eigenvalue weighted by Crippen LogP contribution is 2.35. The topological polar surface area (TPSA) is 136 Å². The molecule has 0 spiro atoms. The summed E-state index contributed by atoms with van der Waals surface area (Å²) in [5, 5.41) is 2.05. The van der Waals surface area contributed by atoms with Crippen molar-refractivity contribution in [2.45, 2.75) is 36.7 Å². The number of thiophene rings is 1. The molecule has 4 aromatic rings. The second kappa shape index (κ2) is 9.80. The van der Waals surface area contributed by atoms with Crippen LogP contribution in [0.3, 0.4) is 0 Å². The Morgan fingerprint density at radius 2 is 1.95 bits per heavy atom. The van der Waals surface area contributed by atoms with Gasteiger partial charge in [0, 0.05) is 40.8 Å². The number of carbonyl (C=O) groups is 1. The van der Waals surface area contributed by atoms with Gasteiger partial charge < -0.3 is 16.4 Å². The molecular formula is C25H27ClN6O3S2. The number of rotatable bonds is 6. The molecule has 194 valence electrons. The number of aromatic nitrogens is 2. The smallest absolute Gasteiger partial charge is 0.253 e. The van der Waals surface area contributed by atoms with Crippen LogP contribution in [0.25, 0.3) is 21.0 Å². The van der Waals surface area contributed by atoms with E-state index in [4.69, 9.17) is 23.1 Å². The summed E-state index contributed by atoms with van der Waals surface area (Å²) in [4.78, 5) is 23.8. The molecular weight excluding hydrogens is 532 g/mol. The number of carbonyl (C=O) groups excluding carboxylic acids is 1. The molecule has 3 heterocycles. The zero-order valence-corrected chi connectivity index (χ0v) is 22.7. The van der Waals surface area contributed by atoms with Crippen molar-refractivity contribution in [3.8, 4) is 0 Å². The largest absolute Gasteiger partial charge is 0.383 e. The Morgan fingerprint density at radius 1 is 1.16 bits per heavy atom. The van der Waals surface area contributed by atoms with Crippen LogP contribution in [0.5, 0.6) is 0 Å². The minimum Gasteiger partial charge on any atom is -0.383 e. The SMILES string of the molecule is CC(C)C1CN(S(=O)(=O)c2cc3ccc(Cl)cc3s2)C(CN)C(=O)N1Cc1ccc2c(N)ncnc2c1. The number of benzene rings is 2. The Kier molecular flexibility index (Phi) is 6.84. The van der Waals surface area contributed by atoms with Crippen LogP contribution in [0.1, 0.15) is 19.4 Å². The normalized spacial score (nSPS) is 19.4. The maximum absolute atomic E-state index is 13.8. The maximum atomic E-state index is 13.8. The minimum absolute atomic E-state index is 0.0000138. The maximum Gasteiger partial charge on any atom is 0.253 e. The first kappa shape index (κ1) is 25.8. The highest BCUT2D eigenvalue weighted by atomic mass is 35.5. The lowest BCUT2D eigenvalue weighted by Gasteiger charge is -2.46. The zero-order chi connectivity index (χ0) is 26.5. The van der Waals surface area contributed by atoms with Crippen molar-refractivity contribution in [3.63, 3.8) is 0 Å². The fraction of sp³-hybridized carbons (Fsp3) is 0.320. The molecule has 2 aromatic heterocycles. The third-order valence-electron chi connectivity index (χ3n) is 6.78. The molecule has 0 aliphatic carbocycles. The van der Waals surface area contributed by atoms with E-state index in [0.717, 1.165) is 32.4 Å². The van der Waals surface area contributed by atoms with Gasteiger partial charge in [-0.05, 0) is 47.2 Å². The average Bonchev–Trinajstić information content (AvgIpc) is 3.29. The van der Waals surface area contributed by atoms with Crippen molar-refractivity contribution in [2.75, 3.05) is 18.8 Å². The number of nitrogen functional groups attached to an aromatic ring is 1. The molecule has 2 aromatic carbocycles. The molecule has 37 heavy (non-hydrogen) atoms. The van der Waals surface area contributed by atoms with Crippen LogP contribution in [0.2, 0.25) is 5.02 Å². The molecule has 1 fully saturated rings. The van der Waals surface area contributed by atoms with E-state index in [1.54, 1.807) is 29.2 Å². The molecule has 2 unspecified atom stereocenters. The van der Waals surface area contributed by atoms with E-state index in [9.17, 15) is 13.2 Å². The van der Waals surface area contributed by atoms with E-state index in [1.807, 2.05) is 32.0 Å². The second-order valence-electron chi connectivity index (χ2n) is 9.46. The van der Waals surface area contributed by atoms with Crippen LogP contribution in [0.15, 0.2) is 53.0 Å². The lowest BCUT2D eigenvalue weighted by molar-refractivity contribution is -0.144. The quantitative estimate of drug-likeness (QED) is 0.370. The summed E-state index contributed by atoms with van der Waals surface area (Å²) in [5.41, 5.74) is 13.5. The third kappa shape index (κ3) is 4.66. The van der Waals surface area contributed by atoms with Crippen molar-refractivity contribution in [1.29, 1.82) is 0 Å². The monoisotopic (exact) mass is 558 g/mol. The van der Waals surface area contributed by atoms with Gasteiger partial charge in [-0.3, -0.25) is 4.79 Å². The highest BCUT2D eigenvalue weighted by molar-refractivity contribution is 7.91. The van der Waals surface area contributed by atoms with Crippen LogP contribution < -0.4 is 11.5 Å². The van der Waals surface area contributed by atoms with Crippen molar-refractivity contribution >= 4 is 65.7 Å². The fourth-order valence-corrected chi connectivity index (χ4v) is 8.20. The average molecular weight is 559 g/mol. The molecule has 2 atom stereocenters. The molecule has 5 rings (SSSR count). The molecule has 9 nitrogen and oxygen atoms in total. The summed E-state index contributed by atoms with van der Waals surface area (Å²) in [6, 6.07) is 11.1. The van der Waals surface area contributed by atoms with Gasteiger partial charge in [0.2, 0.25) is 5.91 Å². The Morgan fingerprint density at radius 3 is 2.68 bits per heavy atom. The summed E-state index contributed by atoms with van der Waals surface area (Å²) < 4.78 is 29.8. The predicted molar refractivity (Wildman–Crippen MR) is 147 cm³/mol. The lowest BCUT2D eigenvalue weighted by Crippen LogP contribution is -2.65.